The molecule has 2 aromatic rings. The summed E-state index contributed by atoms with van der Waals surface area (Å²) in [5.74, 6) is -0.712. The van der Waals surface area contributed by atoms with Crippen molar-refractivity contribution in [3.05, 3.63) is 53.8 Å². The summed E-state index contributed by atoms with van der Waals surface area (Å²) in [7, 11) is 1.46. The molecular formula is C18H18FN3O4S. The molecule has 0 aromatic heterocycles. The van der Waals surface area contributed by atoms with Crippen molar-refractivity contribution >= 4 is 34.7 Å². The van der Waals surface area contributed by atoms with Gasteiger partial charge in [-0.05, 0) is 61.6 Å². The van der Waals surface area contributed by atoms with Crippen LogP contribution in [0, 0.1) is 5.82 Å². The average molecular weight is 391 g/mol. The fourth-order valence-corrected chi connectivity index (χ4v) is 2.21. The Balaban J connectivity index is 2.02. The van der Waals surface area contributed by atoms with E-state index < -0.39 is 12.6 Å². The van der Waals surface area contributed by atoms with Crippen molar-refractivity contribution in [3.63, 3.8) is 0 Å². The third kappa shape index (κ3) is 6.23. The van der Waals surface area contributed by atoms with E-state index in [1.165, 1.54) is 19.2 Å². The van der Waals surface area contributed by atoms with Crippen molar-refractivity contribution in [1.29, 1.82) is 0 Å². The number of carboxylic acid groups (broad SMARTS) is 1. The summed E-state index contributed by atoms with van der Waals surface area (Å²) in [6.07, 6.45) is 0. The van der Waals surface area contributed by atoms with Crippen molar-refractivity contribution in [1.82, 2.24) is 5.43 Å². The molecule has 2 aromatic carbocycles. The maximum Gasteiger partial charge on any atom is 0.341 e. The number of anilines is 1. The van der Waals surface area contributed by atoms with Crippen LogP contribution < -0.4 is 20.2 Å². The van der Waals surface area contributed by atoms with Crippen molar-refractivity contribution in [2.24, 2.45) is 5.10 Å². The number of carbonyl (C=O) groups is 1. The smallest absolute Gasteiger partial charge is 0.341 e. The second-order valence-corrected chi connectivity index (χ2v) is 5.73. The lowest BCUT2D eigenvalue weighted by Crippen LogP contribution is -2.25. The maximum atomic E-state index is 12.9. The summed E-state index contributed by atoms with van der Waals surface area (Å²) >= 11 is 5.14. The Hall–Kier alpha value is -3.20. The van der Waals surface area contributed by atoms with Crippen molar-refractivity contribution < 1.29 is 23.8 Å². The molecule has 0 spiro atoms. The van der Waals surface area contributed by atoms with E-state index in [2.05, 4.69) is 15.8 Å². The quantitative estimate of drug-likeness (QED) is 0.380. The first-order chi connectivity index (χ1) is 12.9. The van der Waals surface area contributed by atoms with E-state index in [9.17, 15) is 9.18 Å². The van der Waals surface area contributed by atoms with Crippen molar-refractivity contribution in [3.8, 4) is 11.5 Å². The number of hydrazone groups is 1. The third-order valence-electron chi connectivity index (χ3n) is 3.36. The van der Waals surface area contributed by atoms with Gasteiger partial charge in [0.2, 0.25) is 0 Å². The lowest BCUT2D eigenvalue weighted by molar-refractivity contribution is -0.139. The zero-order chi connectivity index (χ0) is 19.8. The molecule has 3 N–H and O–H groups in total. The van der Waals surface area contributed by atoms with E-state index in [0.717, 1.165) is 5.56 Å². The van der Waals surface area contributed by atoms with Crippen LogP contribution in [0.1, 0.15) is 12.5 Å². The molecule has 0 aliphatic heterocycles. The Morgan fingerprint density at radius 1 is 1.22 bits per heavy atom. The van der Waals surface area contributed by atoms with Crippen LogP contribution in [0.5, 0.6) is 11.5 Å². The number of nitrogens with one attached hydrogen (secondary N) is 2. The maximum absolute atomic E-state index is 12.9. The number of halogens is 1. The second-order valence-electron chi connectivity index (χ2n) is 5.32. The van der Waals surface area contributed by atoms with Gasteiger partial charge in [0.1, 0.15) is 5.82 Å². The van der Waals surface area contributed by atoms with E-state index >= 15 is 0 Å². The highest BCUT2D eigenvalue weighted by Gasteiger charge is 2.09. The van der Waals surface area contributed by atoms with Crippen LogP contribution in [0.3, 0.4) is 0 Å². The summed E-state index contributed by atoms with van der Waals surface area (Å²) in [6, 6.07) is 10.7. The molecule has 0 atom stereocenters. The largest absolute Gasteiger partial charge is 0.493 e. The minimum absolute atomic E-state index is 0.245. The van der Waals surface area contributed by atoms with Gasteiger partial charge in [-0.1, -0.05) is 0 Å². The summed E-state index contributed by atoms with van der Waals surface area (Å²) in [5, 5.41) is 16.0. The number of carboxylic acids is 1. The highest BCUT2D eigenvalue weighted by Crippen LogP contribution is 2.28. The molecule has 0 unspecified atom stereocenters. The predicted octanol–water partition coefficient (Wildman–Crippen LogP) is 3.01. The van der Waals surface area contributed by atoms with Gasteiger partial charge in [0, 0.05) is 11.3 Å². The molecule has 0 aliphatic rings. The molecule has 27 heavy (non-hydrogen) atoms. The molecule has 7 nitrogen and oxygen atoms in total. The van der Waals surface area contributed by atoms with Gasteiger partial charge in [-0.25, -0.2) is 9.18 Å². The number of rotatable bonds is 7. The Morgan fingerprint density at radius 3 is 2.56 bits per heavy atom. The Morgan fingerprint density at radius 2 is 1.93 bits per heavy atom. The number of ether oxygens (including phenoxy) is 2. The van der Waals surface area contributed by atoms with Gasteiger partial charge in [0.15, 0.2) is 23.2 Å². The number of nitrogens with zero attached hydrogens (tertiary/aromatic N) is 1. The Kier molecular flexibility index (Phi) is 7.07. The molecule has 142 valence electrons. The molecule has 0 aliphatic carbocycles. The predicted molar refractivity (Wildman–Crippen MR) is 104 cm³/mol. The lowest BCUT2D eigenvalue weighted by Gasteiger charge is -2.11. The fourth-order valence-electron chi connectivity index (χ4n) is 2.04. The summed E-state index contributed by atoms with van der Waals surface area (Å²) in [5.41, 5.74) is 4.67. The number of benzene rings is 2. The first kappa shape index (κ1) is 20.1. The molecule has 0 saturated heterocycles. The number of aliphatic carboxylic acids is 1. The van der Waals surface area contributed by atoms with E-state index in [-0.39, 0.29) is 10.9 Å². The van der Waals surface area contributed by atoms with Gasteiger partial charge in [0.25, 0.3) is 0 Å². The molecule has 9 heteroatoms. The van der Waals surface area contributed by atoms with E-state index in [1.807, 2.05) is 0 Å². The molecule has 0 radical (unpaired) electrons. The highest BCUT2D eigenvalue weighted by atomic mass is 32.1. The van der Waals surface area contributed by atoms with Crippen LogP contribution in [0.25, 0.3) is 0 Å². The second kappa shape index (κ2) is 9.48. The molecule has 0 saturated carbocycles. The standard InChI is InChI=1S/C18H18FN3O4S/c1-11(21-22-18(27)20-14-6-4-13(19)5-7-14)12-3-8-15(16(9-12)25-2)26-10-17(23)24/h3-9H,10H2,1-2H3,(H,23,24)(H2,20,22,27)/b21-11-. The first-order valence-electron chi connectivity index (χ1n) is 7.79. The van der Waals surface area contributed by atoms with Crippen molar-refractivity contribution in [2.75, 3.05) is 19.0 Å². The van der Waals surface area contributed by atoms with Crippen LogP contribution in [-0.2, 0) is 4.79 Å². The van der Waals surface area contributed by atoms with E-state index in [1.54, 1.807) is 37.3 Å². The number of methoxy groups -OCH3 is 1. The van der Waals surface area contributed by atoms with Crippen molar-refractivity contribution in [2.45, 2.75) is 6.92 Å². The molecule has 0 heterocycles. The molecule has 0 amide bonds. The monoisotopic (exact) mass is 391 g/mol. The Labute approximate surface area is 160 Å². The SMILES string of the molecule is COc1cc(/C(C)=N\NC(=S)Nc2ccc(F)cc2)ccc1OCC(=O)O. The van der Waals surface area contributed by atoms with Crippen LogP contribution in [-0.4, -0.2) is 35.6 Å². The van der Waals surface area contributed by atoms with Gasteiger partial charge in [0.05, 0.1) is 12.8 Å². The Bertz CT molecular complexity index is 856. The molecule has 2 rings (SSSR count). The zero-order valence-electron chi connectivity index (χ0n) is 14.7. The van der Waals surface area contributed by atoms with Gasteiger partial charge in [-0.3, -0.25) is 5.43 Å². The van der Waals surface area contributed by atoms with Gasteiger partial charge >= 0.3 is 5.97 Å². The average Bonchev–Trinajstić information content (AvgIpc) is 2.66. The van der Waals surface area contributed by atoms with Crippen LogP contribution in [0.2, 0.25) is 0 Å². The van der Waals surface area contributed by atoms with Crippen LogP contribution >= 0.6 is 12.2 Å². The number of thiocarbonyl (C=S) groups is 1. The summed E-state index contributed by atoms with van der Waals surface area (Å²) in [6.45, 7) is 1.30. The zero-order valence-corrected chi connectivity index (χ0v) is 15.5. The first-order valence-corrected chi connectivity index (χ1v) is 8.19. The van der Waals surface area contributed by atoms with Gasteiger partial charge in [-0.15, -0.1) is 0 Å². The number of hydrogen-bond donors (Lipinski definition) is 3. The molecule has 0 fully saturated rings. The minimum atomic E-state index is -1.08. The third-order valence-corrected chi connectivity index (χ3v) is 3.55. The fraction of sp³-hybridized carbons (Fsp3) is 0.167. The minimum Gasteiger partial charge on any atom is -0.493 e. The summed E-state index contributed by atoms with van der Waals surface area (Å²) < 4.78 is 23.3. The van der Waals surface area contributed by atoms with Crippen LogP contribution in [0.15, 0.2) is 47.6 Å². The lowest BCUT2D eigenvalue weighted by atomic mass is 10.1. The molecule has 0 bridgehead atoms. The van der Waals surface area contributed by atoms with Gasteiger partial charge < -0.3 is 19.9 Å². The topological polar surface area (TPSA) is 92.2 Å². The summed E-state index contributed by atoms with van der Waals surface area (Å²) in [4.78, 5) is 10.6. The normalized spacial score (nSPS) is 10.9. The van der Waals surface area contributed by atoms with E-state index in [4.69, 9.17) is 26.8 Å². The highest BCUT2D eigenvalue weighted by molar-refractivity contribution is 7.80. The molecular weight excluding hydrogens is 373 g/mol. The van der Waals surface area contributed by atoms with Gasteiger partial charge in [-0.2, -0.15) is 5.10 Å². The number of hydrogen-bond acceptors (Lipinski definition) is 5. The van der Waals surface area contributed by atoms with Crippen LogP contribution in [0.4, 0.5) is 10.1 Å². The van der Waals surface area contributed by atoms with E-state index in [0.29, 0.717) is 22.9 Å².